The highest BCUT2D eigenvalue weighted by molar-refractivity contribution is 9.10. The highest BCUT2D eigenvalue weighted by Gasteiger charge is 2.15. The van der Waals surface area contributed by atoms with Gasteiger partial charge in [-0.25, -0.2) is 8.78 Å². The Hall–Kier alpha value is -3.70. The van der Waals surface area contributed by atoms with Crippen LogP contribution in [0.5, 0.6) is 11.5 Å². The van der Waals surface area contributed by atoms with Crippen LogP contribution in [-0.4, -0.2) is 12.5 Å². The van der Waals surface area contributed by atoms with Crippen molar-refractivity contribution in [1.82, 2.24) is 0 Å². The number of hydrogen-bond acceptors (Lipinski definition) is 4. The summed E-state index contributed by atoms with van der Waals surface area (Å²) in [4.78, 5) is 12.5. The van der Waals surface area contributed by atoms with Crippen LogP contribution < -0.4 is 14.8 Å². The summed E-state index contributed by atoms with van der Waals surface area (Å²) in [6, 6.07) is 16.6. The lowest BCUT2D eigenvalue weighted by atomic mass is 10.1. The van der Waals surface area contributed by atoms with Gasteiger partial charge in [0.1, 0.15) is 29.9 Å². The fourth-order valence-electron chi connectivity index (χ4n) is 2.89. The van der Waals surface area contributed by atoms with Crippen molar-refractivity contribution in [3.63, 3.8) is 0 Å². The average molecular weight is 513 g/mol. The van der Waals surface area contributed by atoms with E-state index in [9.17, 15) is 18.8 Å². The zero-order valence-corrected chi connectivity index (χ0v) is 19.2. The molecule has 0 saturated heterocycles. The van der Waals surface area contributed by atoms with E-state index in [4.69, 9.17) is 9.47 Å². The largest absolute Gasteiger partial charge is 0.490 e. The van der Waals surface area contributed by atoms with E-state index in [0.29, 0.717) is 39.4 Å². The molecule has 1 amide bonds. The molecule has 0 heterocycles. The number of hydrogen-bond donors (Lipinski definition) is 1. The molecule has 0 aliphatic rings. The lowest BCUT2D eigenvalue weighted by Crippen LogP contribution is -2.13. The molecule has 0 aliphatic carbocycles. The van der Waals surface area contributed by atoms with Crippen molar-refractivity contribution >= 4 is 33.6 Å². The molecule has 3 aromatic carbocycles. The van der Waals surface area contributed by atoms with Crippen molar-refractivity contribution in [1.29, 1.82) is 5.26 Å². The molecule has 1 N–H and O–H groups in total. The predicted octanol–water partition coefficient (Wildman–Crippen LogP) is 6.25. The summed E-state index contributed by atoms with van der Waals surface area (Å²) in [5, 5.41) is 12.0. The second kappa shape index (κ2) is 11.2. The van der Waals surface area contributed by atoms with E-state index in [2.05, 4.69) is 21.2 Å². The lowest BCUT2D eigenvalue weighted by Gasteiger charge is -2.15. The molecule has 0 spiro atoms. The minimum Gasteiger partial charge on any atom is -0.490 e. The van der Waals surface area contributed by atoms with Gasteiger partial charge in [0.25, 0.3) is 5.91 Å². The molecule has 3 rings (SSSR count). The molecule has 168 valence electrons. The summed E-state index contributed by atoms with van der Waals surface area (Å²) in [6.07, 6.45) is 1.40. The lowest BCUT2D eigenvalue weighted by molar-refractivity contribution is -0.112. The van der Waals surface area contributed by atoms with E-state index in [-0.39, 0.29) is 18.0 Å². The first kappa shape index (κ1) is 24.0. The molecular formula is C25H19BrF2N2O3. The molecule has 0 unspecified atom stereocenters. The van der Waals surface area contributed by atoms with Gasteiger partial charge >= 0.3 is 0 Å². The number of nitriles is 1. The molecule has 33 heavy (non-hydrogen) atoms. The Bertz CT molecular complexity index is 1220. The fraction of sp³-hybridized carbons (Fsp3) is 0.120. The number of halogens is 3. The first-order valence-corrected chi connectivity index (χ1v) is 10.7. The van der Waals surface area contributed by atoms with E-state index in [0.717, 1.165) is 0 Å². The number of nitrogens with zero attached hydrogens (tertiary/aromatic N) is 1. The topological polar surface area (TPSA) is 71.3 Å². The Balaban J connectivity index is 1.85. The second-order valence-corrected chi connectivity index (χ2v) is 7.63. The van der Waals surface area contributed by atoms with Crippen molar-refractivity contribution in [3.8, 4) is 17.6 Å². The molecule has 0 aliphatic heterocycles. The molecule has 0 radical (unpaired) electrons. The summed E-state index contributed by atoms with van der Waals surface area (Å²) >= 11 is 3.42. The number of carbonyl (C=O) groups is 1. The fourth-order valence-corrected chi connectivity index (χ4v) is 3.46. The molecule has 3 aromatic rings. The third-order valence-electron chi connectivity index (χ3n) is 4.44. The molecular weight excluding hydrogens is 494 g/mol. The van der Waals surface area contributed by atoms with Crippen LogP contribution in [0.2, 0.25) is 0 Å². The average Bonchev–Trinajstić information content (AvgIpc) is 2.79. The Morgan fingerprint density at radius 3 is 2.52 bits per heavy atom. The van der Waals surface area contributed by atoms with Gasteiger partial charge in [0.2, 0.25) is 0 Å². The smallest absolute Gasteiger partial charge is 0.266 e. The van der Waals surface area contributed by atoms with Gasteiger partial charge in [-0.3, -0.25) is 4.79 Å². The van der Waals surface area contributed by atoms with Gasteiger partial charge in [0.05, 0.1) is 11.1 Å². The predicted molar refractivity (Wildman–Crippen MR) is 125 cm³/mol. The van der Waals surface area contributed by atoms with Crippen molar-refractivity contribution < 1.29 is 23.0 Å². The summed E-state index contributed by atoms with van der Waals surface area (Å²) in [5.41, 5.74) is 1.10. The van der Waals surface area contributed by atoms with Crippen LogP contribution in [0.3, 0.4) is 0 Å². The minimum absolute atomic E-state index is 0.00987. The van der Waals surface area contributed by atoms with Crippen LogP contribution in [-0.2, 0) is 11.4 Å². The molecule has 8 heteroatoms. The highest BCUT2D eigenvalue weighted by atomic mass is 79.9. The zero-order valence-electron chi connectivity index (χ0n) is 17.6. The van der Waals surface area contributed by atoms with Crippen LogP contribution in [0.15, 0.2) is 70.7 Å². The van der Waals surface area contributed by atoms with E-state index in [1.165, 1.54) is 36.4 Å². The molecule has 5 nitrogen and oxygen atoms in total. The van der Waals surface area contributed by atoms with E-state index in [1.54, 1.807) is 37.3 Å². The molecule has 0 bridgehead atoms. The van der Waals surface area contributed by atoms with Crippen molar-refractivity contribution in [3.05, 3.63) is 93.5 Å². The molecule has 0 aromatic heterocycles. The second-order valence-electron chi connectivity index (χ2n) is 6.77. The van der Waals surface area contributed by atoms with Crippen molar-refractivity contribution in [2.75, 3.05) is 11.9 Å². The van der Waals surface area contributed by atoms with Crippen LogP contribution in [0.25, 0.3) is 6.08 Å². The number of ether oxygens (including phenoxy) is 2. The Morgan fingerprint density at radius 2 is 1.85 bits per heavy atom. The Labute approximate surface area is 198 Å². The highest BCUT2D eigenvalue weighted by Crippen LogP contribution is 2.38. The third-order valence-corrected chi connectivity index (χ3v) is 5.03. The molecule has 0 atom stereocenters. The standard InChI is InChI=1S/C25H19BrF2N2O3/c1-2-32-23-13-16(11-18(14-29)25(31)30-20-9-7-19(27)8-10-20)12-21(26)24(23)33-15-17-5-3-4-6-22(17)28/h3-13H,2,15H2,1H3,(H,30,31)/b18-11+. The Morgan fingerprint density at radius 1 is 1.12 bits per heavy atom. The van der Waals surface area contributed by atoms with E-state index in [1.807, 2.05) is 6.07 Å². The summed E-state index contributed by atoms with van der Waals surface area (Å²) in [7, 11) is 0. The zero-order chi connectivity index (χ0) is 23.8. The number of benzene rings is 3. The maximum absolute atomic E-state index is 13.9. The van der Waals surface area contributed by atoms with Gasteiger partial charge in [-0.05, 0) is 77.0 Å². The van der Waals surface area contributed by atoms with E-state index >= 15 is 0 Å². The SMILES string of the molecule is CCOc1cc(/C=C(\C#N)C(=O)Nc2ccc(F)cc2)cc(Br)c1OCc1ccccc1F. The van der Waals surface area contributed by atoms with Gasteiger partial charge in [-0.2, -0.15) is 5.26 Å². The van der Waals surface area contributed by atoms with Gasteiger partial charge in [0, 0.05) is 11.3 Å². The number of anilines is 1. The minimum atomic E-state index is -0.641. The number of nitrogens with one attached hydrogen (secondary N) is 1. The van der Waals surface area contributed by atoms with Crippen molar-refractivity contribution in [2.24, 2.45) is 0 Å². The molecule has 0 fully saturated rings. The van der Waals surface area contributed by atoms with Gasteiger partial charge < -0.3 is 14.8 Å². The maximum Gasteiger partial charge on any atom is 0.266 e. The van der Waals surface area contributed by atoms with Crippen LogP contribution >= 0.6 is 15.9 Å². The summed E-state index contributed by atoms with van der Waals surface area (Å²) in [6.45, 7) is 2.13. The summed E-state index contributed by atoms with van der Waals surface area (Å²) in [5.74, 6) is -0.720. The monoisotopic (exact) mass is 512 g/mol. The quantitative estimate of drug-likeness (QED) is 0.286. The first-order chi connectivity index (χ1) is 15.9. The van der Waals surface area contributed by atoms with Gasteiger partial charge in [-0.15, -0.1) is 0 Å². The first-order valence-electron chi connectivity index (χ1n) is 9.92. The normalized spacial score (nSPS) is 10.9. The number of amides is 1. The van der Waals surface area contributed by atoms with E-state index < -0.39 is 11.7 Å². The maximum atomic E-state index is 13.9. The van der Waals surface area contributed by atoms with Gasteiger partial charge in [0.15, 0.2) is 11.5 Å². The van der Waals surface area contributed by atoms with Crippen LogP contribution in [0, 0.1) is 23.0 Å². The Kier molecular flexibility index (Phi) is 8.17. The number of rotatable bonds is 8. The van der Waals surface area contributed by atoms with Crippen LogP contribution in [0.4, 0.5) is 14.5 Å². The molecule has 0 saturated carbocycles. The van der Waals surface area contributed by atoms with Crippen molar-refractivity contribution in [2.45, 2.75) is 13.5 Å². The number of carbonyl (C=O) groups excluding carboxylic acids is 1. The van der Waals surface area contributed by atoms with Gasteiger partial charge in [-0.1, -0.05) is 18.2 Å². The third kappa shape index (κ3) is 6.40. The van der Waals surface area contributed by atoms with Crippen LogP contribution in [0.1, 0.15) is 18.1 Å². The summed E-state index contributed by atoms with van der Waals surface area (Å²) < 4.78 is 39.0.